The molecule has 116 valence electrons. The molecule has 2 aromatic heterocycles. The molecule has 2 amide bonds. The van der Waals surface area contributed by atoms with Gasteiger partial charge in [-0.05, 0) is 18.8 Å². The van der Waals surface area contributed by atoms with E-state index in [-0.39, 0.29) is 17.7 Å². The van der Waals surface area contributed by atoms with Crippen LogP contribution in [0.1, 0.15) is 40.9 Å². The third-order valence-electron chi connectivity index (χ3n) is 4.14. The fourth-order valence-electron chi connectivity index (χ4n) is 2.99. The van der Waals surface area contributed by atoms with Gasteiger partial charge in [-0.25, -0.2) is 4.98 Å². The minimum Gasteiger partial charge on any atom is -0.354 e. The molecule has 22 heavy (non-hydrogen) atoms. The molecule has 1 aliphatic heterocycles. The van der Waals surface area contributed by atoms with E-state index in [4.69, 9.17) is 0 Å². The minimum absolute atomic E-state index is 0.0891. The van der Waals surface area contributed by atoms with E-state index in [0.717, 1.165) is 41.8 Å². The predicted molar refractivity (Wildman–Crippen MR) is 85.0 cm³/mol. The van der Waals surface area contributed by atoms with Crippen LogP contribution in [0, 0.1) is 0 Å². The number of nitrogens with one attached hydrogen (secondary N) is 1. The van der Waals surface area contributed by atoms with Crippen molar-refractivity contribution in [1.82, 2.24) is 20.2 Å². The third kappa shape index (κ3) is 2.56. The summed E-state index contributed by atoms with van der Waals surface area (Å²) in [5.74, 6) is 0.266. The molecule has 0 atom stereocenters. The standard InChI is InChI=1S/C15H18N4O2S/c1-9(20)19-7-3-10(4-8-19)11-12-15(18-6-5-17-12)22-13(11)14(21)16-2/h5-6,10H,3-4,7-8H2,1-2H3,(H,16,21). The molecular weight excluding hydrogens is 300 g/mol. The molecule has 0 spiro atoms. The summed E-state index contributed by atoms with van der Waals surface area (Å²) in [6, 6.07) is 0. The molecule has 0 saturated carbocycles. The maximum Gasteiger partial charge on any atom is 0.261 e. The highest BCUT2D eigenvalue weighted by molar-refractivity contribution is 7.20. The fourth-order valence-corrected chi connectivity index (χ4v) is 4.12. The van der Waals surface area contributed by atoms with Gasteiger partial charge in [-0.1, -0.05) is 0 Å². The number of carbonyl (C=O) groups excluding carboxylic acids is 2. The van der Waals surface area contributed by atoms with Crippen LogP contribution in [0.3, 0.4) is 0 Å². The van der Waals surface area contributed by atoms with E-state index >= 15 is 0 Å². The Kier molecular flexibility index (Phi) is 4.06. The van der Waals surface area contributed by atoms with Crippen molar-refractivity contribution >= 4 is 33.5 Å². The van der Waals surface area contributed by atoms with Crippen molar-refractivity contribution in [1.29, 1.82) is 0 Å². The van der Waals surface area contributed by atoms with Gasteiger partial charge in [-0.2, -0.15) is 0 Å². The number of fused-ring (bicyclic) bond motifs is 1. The first kappa shape index (κ1) is 14.9. The number of likely N-dealkylation sites (tertiary alicyclic amines) is 1. The van der Waals surface area contributed by atoms with Gasteiger partial charge in [0.05, 0.1) is 4.88 Å². The Hall–Kier alpha value is -2.02. The first-order chi connectivity index (χ1) is 10.6. The van der Waals surface area contributed by atoms with Crippen molar-refractivity contribution in [3.63, 3.8) is 0 Å². The lowest BCUT2D eigenvalue weighted by molar-refractivity contribution is -0.129. The molecule has 3 heterocycles. The monoisotopic (exact) mass is 318 g/mol. The normalized spacial score (nSPS) is 16.0. The molecule has 1 fully saturated rings. The van der Waals surface area contributed by atoms with E-state index in [1.807, 2.05) is 4.90 Å². The molecule has 0 radical (unpaired) electrons. The SMILES string of the molecule is CNC(=O)c1sc2nccnc2c1C1CCN(C(C)=O)CC1. The summed E-state index contributed by atoms with van der Waals surface area (Å²) < 4.78 is 0. The molecule has 7 heteroatoms. The molecule has 1 saturated heterocycles. The van der Waals surface area contributed by atoms with Crippen LogP contribution >= 0.6 is 11.3 Å². The van der Waals surface area contributed by atoms with E-state index in [1.165, 1.54) is 11.3 Å². The highest BCUT2D eigenvalue weighted by Gasteiger charge is 2.29. The fraction of sp³-hybridized carbons (Fsp3) is 0.467. The number of thiophene rings is 1. The number of aromatic nitrogens is 2. The average Bonchev–Trinajstić information content (AvgIpc) is 2.93. The largest absolute Gasteiger partial charge is 0.354 e. The van der Waals surface area contributed by atoms with Crippen molar-refractivity contribution in [2.24, 2.45) is 0 Å². The molecular formula is C15H18N4O2S. The molecule has 1 aliphatic rings. The van der Waals surface area contributed by atoms with Gasteiger partial charge in [0.15, 0.2) is 0 Å². The van der Waals surface area contributed by atoms with E-state index in [0.29, 0.717) is 4.88 Å². The van der Waals surface area contributed by atoms with Gasteiger partial charge in [0.25, 0.3) is 5.91 Å². The summed E-state index contributed by atoms with van der Waals surface area (Å²) >= 11 is 1.39. The van der Waals surface area contributed by atoms with Crippen LogP contribution in [0.4, 0.5) is 0 Å². The third-order valence-corrected chi connectivity index (χ3v) is 5.25. The Balaban J connectivity index is 1.99. The Bertz CT molecular complexity index is 719. The maximum absolute atomic E-state index is 12.2. The van der Waals surface area contributed by atoms with E-state index in [9.17, 15) is 9.59 Å². The molecule has 2 aromatic rings. The van der Waals surface area contributed by atoms with E-state index in [2.05, 4.69) is 15.3 Å². The number of carbonyl (C=O) groups is 2. The van der Waals surface area contributed by atoms with Crippen molar-refractivity contribution in [3.05, 3.63) is 22.8 Å². The Labute approximate surface area is 132 Å². The number of piperidine rings is 1. The van der Waals surface area contributed by atoms with Gasteiger partial charge >= 0.3 is 0 Å². The van der Waals surface area contributed by atoms with Crippen molar-refractivity contribution in [2.45, 2.75) is 25.7 Å². The van der Waals surface area contributed by atoms with Crippen LogP contribution in [0.25, 0.3) is 10.3 Å². The van der Waals surface area contributed by atoms with Crippen LogP contribution in [0.15, 0.2) is 12.4 Å². The van der Waals surface area contributed by atoms with Crippen LogP contribution in [0.2, 0.25) is 0 Å². The molecule has 0 aliphatic carbocycles. The highest BCUT2D eigenvalue weighted by atomic mass is 32.1. The second kappa shape index (κ2) is 6.00. The van der Waals surface area contributed by atoms with Gasteiger partial charge < -0.3 is 10.2 Å². The first-order valence-electron chi connectivity index (χ1n) is 7.32. The second-order valence-electron chi connectivity index (χ2n) is 5.41. The summed E-state index contributed by atoms with van der Waals surface area (Å²) in [6.07, 6.45) is 5.02. The maximum atomic E-state index is 12.2. The Morgan fingerprint density at radius 3 is 2.59 bits per heavy atom. The zero-order valence-electron chi connectivity index (χ0n) is 12.6. The summed E-state index contributed by atoms with van der Waals surface area (Å²) in [5, 5.41) is 2.70. The molecule has 6 nitrogen and oxygen atoms in total. The first-order valence-corrected chi connectivity index (χ1v) is 8.14. The van der Waals surface area contributed by atoms with Gasteiger partial charge in [0, 0.05) is 45.0 Å². The Morgan fingerprint density at radius 1 is 1.27 bits per heavy atom. The van der Waals surface area contributed by atoms with E-state index < -0.39 is 0 Å². The van der Waals surface area contributed by atoms with Gasteiger partial charge in [0.1, 0.15) is 10.3 Å². The highest BCUT2D eigenvalue weighted by Crippen LogP contribution is 2.38. The van der Waals surface area contributed by atoms with Crippen LogP contribution < -0.4 is 5.32 Å². The van der Waals surface area contributed by atoms with E-state index in [1.54, 1.807) is 26.4 Å². The summed E-state index contributed by atoms with van der Waals surface area (Å²) in [7, 11) is 1.63. The molecule has 3 rings (SSSR count). The number of hydrogen-bond donors (Lipinski definition) is 1. The lowest BCUT2D eigenvalue weighted by atomic mass is 9.88. The topological polar surface area (TPSA) is 75.2 Å². The quantitative estimate of drug-likeness (QED) is 0.916. The van der Waals surface area contributed by atoms with Crippen LogP contribution in [-0.4, -0.2) is 46.8 Å². The Morgan fingerprint density at radius 2 is 1.95 bits per heavy atom. The lowest BCUT2D eigenvalue weighted by Crippen LogP contribution is -2.36. The minimum atomic E-state index is -0.0891. The van der Waals surface area contributed by atoms with Crippen LogP contribution in [-0.2, 0) is 4.79 Å². The number of rotatable bonds is 2. The molecule has 0 aromatic carbocycles. The van der Waals surface area contributed by atoms with Crippen molar-refractivity contribution in [3.8, 4) is 0 Å². The zero-order chi connectivity index (χ0) is 15.7. The number of hydrogen-bond acceptors (Lipinski definition) is 5. The second-order valence-corrected chi connectivity index (χ2v) is 6.41. The summed E-state index contributed by atoms with van der Waals surface area (Å²) in [5.41, 5.74) is 1.82. The lowest BCUT2D eigenvalue weighted by Gasteiger charge is -2.31. The zero-order valence-corrected chi connectivity index (χ0v) is 13.4. The van der Waals surface area contributed by atoms with Crippen molar-refractivity contribution < 1.29 is 9.59 Å². The van der Waals surface area contributed by atoms with Gasteiger partial charge in [-0.15, -0.1) is 11.3 Å². The van der Waals surface area contributed by atoms with Gasteiger partial charge in [-0.3, -0.25) is 14.6 Å². The van der Waals surface area contributed by atoms with Crippen LogP contribution in [0.5, 0.6) is 0 Å². The number of nitrogens with zero attached hydrogens (tertiary/aromatic N) is 3. The van der Waals surface area contributed by atoms with Gasteiger partial charge in [0.2, 0.25) is 5.91 Å². The molecule has 1 N–H and O–H groups in total. The van der Waals surface area contributed by atoms with Crippen molar-refractivity contribution in [2.75, 3.05) is 20.1 Å². The average molecular weight is 318 g/mol. The molecule has 0 unspecified atom stereocenters. The molecule has 0 bridgehead atoms. The summed E-state index contributed by atoms with van der Waals surface area (Å²) in [6.45, 7) is 3.05. The summed E-state index contributed by atoms with van der Waals surface area (Å²) in [4.78, 5) is 35.8. The number of amides is 2. The predicted octanol–water partition coefficient (Wildman–Crippen LogP) is 1.78. The smallest absolute Gasteiger partial charge is 0.261 e.